The molecule has 0 spiro atoms. The van der Waals surface area contributed by atoms with Crippen LogP contribution in [0.25, 0.3) is 0 Å². The summed E-state index contributed by atoms with van der Waals surface area (Å²) >= 11 is 0. The molecule has 2 aliphatic carbocycles. The van der Waals surface area contributed by atoms with E-state index in [0.717, 1.165) is 6.42 Å². The van der Waals surface area contributed by atoms with Gasteiger partial charge in [-0.3, -0.25) is 9.59 Å². The van der Waals surface area contributed by atoms with Gasteiger partial charge in [0.15, 0.2) is 8.32 Å². The Kier molecular flexibility index (Phi) is 12.2. The zero-order chi connectivity index (χ0) is 28.7. The first-order chi connectivity index (χ1) is 17.1. The number of ketones is 2. The summed E-state index contributed by atoms with van der Waals surface area (Å²) < 4.78 is 6.73. The molecule has 0 radical (unpaired) electrons. The summed E-state index contributed by atoms with van der Waals surface area (Å²) in [6, 6.07) is 0. The first kappa shape index (κ1) is 33.5. The van der Waals surface area contributed by atoms with E-state index in [2.05, 4.69) is 67.1 Å². The van der Waals surface area contributed by atoms with Crippen LogP contribution < -0.4 is 0 Å². The average molecular weight is 531 g/mol. The number of carbonyl (C=O) groups excluding carboxylic acids is 2. The van der Waals surface area contributed by atoms with E-state index in [1.807, 2.05) is 19.1 Å². The molecule has 2 rings (SSSR count). The van der Waals surface area contributed by atoms with E-state index in [-0.39, 0.29) is 22.8 Å². The highest BCUT2D eigenvalue weighted by atomic mass is 28.4. The van der Waals surface area contributed by atoms with Crippen molar-refractivity contribution < 1.29 is 19.1 Å². The minimum Gasteiger partial charge on any atom is -0.413 e. The molecule has 1 N–H and O–H groups in total. The zero-order valence-electron chi connectivity index (χ0n) is 24.8. The van der Waals surface area contributed by atoms with Gasteiger partial charge in [0.25, 0.3) is 0 Å². The smallest absolute Gasteiger partial charge is 0.192 e. The lowest BCUT2D eigenvalue weighted by Crippen LogP contribution is -2.54. The van der Waals surface area contributed by atoms with Crippen molar-refractivity contribution in [2.45, 2.75) is 116 Å². The number of allylic oxidation sites excluding steroid dienone is 4. The summed E-state index contributed by atoms with van der Waals surface area (Å²) in [4.78, 5) is 25.0. The standard InChI is InChI=1S/C19H34O2Si.C13H20O2/c1-9-11-19(12-10-2)16(20)13-15(3)14-17(19)21-22(7,8)18(4,5)6;1-4-6-13(7-5-2)11(14)8-10(3)9-12(13)15/h9-10,15,17H,1-2,11-14H2,3-8H3;4-5,10-11,14H,1-2,6-9H2,3H3/t15-,17?;10-,11?/m01/s1. The van der Waals surface area contributed by atoms with Gasteiger partial charge in [0.2, 0.25) is 0 Å². The summed E-state index contributed by atoms with van der Waals surface area (Å²) in [6.07, 6.45) is 12.0. The molecule has 0 aliphatic heterocycles. The van der Waals surface area contributed by atoms with Crippen LogP contribution in [-0.4, -0.2) is 37.2 Å². The van der Waals surface area contributed by atoms with E-state index in [1.54, 1.807) is 12.2 Å². The molecule has 2 unspecified atom stereocenters. The number of aliphatic hydroxyl groups excluding tert-OH is 1. The average Bonchev–Trinajstić information content (AvgIpc) is 2.75. The summed E-state index contributed by atoms with van der Waals surface area (Å²) in [7, 11) is -1.92. The number of hydrogen-bond donors (Lipinski definition) is 1. The predicted octanol–water partition coefficient (Wildman–Crippen LogP) is 8.00. The van der Waals surface area contributed by atoms with Crippen LogP contribution in [0.5, 0.6) is 0 Å². The van der Waals surface area contributed by atoms with Gasteiger partial charge in [0.1, 0.15) is 11.6 Å². The Morgan fingerprint density at radius 2 is 1.22 bits per heavy atom. The quantitative estimate of drug-likeness (QED) is 0.229. The molecular weight excluding hydrogens is 476 g/mol. The summed E-state index contributed by atoms with van der Waals surface area (Å²) in [5.74, 6) is 1.17. The van der Waals surface area contributed by atoms with Crippen molar-refractivity contribution in [1.29, 1.82) is 0 Å². The fourth-order valence-corrected chi connectivity index (χ4v) is 7.04. The molecule has 5 heteroatoms. The van der Waals surface area contributed by atoms with Crippen molar-refractivity contribution in [3.63, 3.8) is 0 Å². The second kappa shape index (κ2) is 13.5. The van der Waals surface area contributed by atoms with E-state index in [1.165, 1.54) is 0 Å². The van der Waals surface area contributed by atoms with Crippen LogP contribution in [0.1, 0.15) is 86.0 Å². The second-order valence-electron chi connectivity index (χ2n) is 13.1. The molecule has 0 aromatic carbocycles. The lowest BCUT2D eigenvalue weighted by atomic mass is 9.64. The van der Waals surface area contributed by atoms with Gasteiger partial charge in [-0.05, 0) is 68.5 Å². The maximum absolute atomic E-state index is 12.9. The summed E-state index contributed by atoms with van der Waals surface area (Å²) in [6.45, 7) is 30.6. The van der Waals surface area contributed by atoms with E-state index in [9.17, 15) is 14.7 Å². The number of aliphatic hydroxyl groups is 1. The van der Waals surface area contributed by atoms with Gasteiger partial charge in [-0.2, -0.15) is 0 Å². The van der Waals surface area contributed by atoms with Crippen molar-refractivity contribution in [3.05, 3.63) is 50.6 Å². The number of Topliss-reactive ketones (excluding diaryl/α,β-unsaturated/α-hetero) is 2. The van der Waals surface area contributed by atoms with Crippen LogP contribution in [0.3, 0.4) is 0 Å². The molecular formula is C32H54O4Si. The van der Waals surface area contributed by atoms with Gasteiger partial charge in [0.05, 0.1) is 23.0 Å². The Morgan fingerprint density at radius 3 is 1.59 bits per heavy atom. The molecule has 37 heavy (non-hydrogen) atoms. The molecule has 2 saturated carbocycles. The highest BCUT2D eigenvalue weighted by molar-refractivity contribution is 6.74. The van der Waals surface area contributed by atoms with Gasteiger partial charge >= 0.3 is 0 Å². The molecule has 0 saturated heterocycles. The highest BCUT2D eigenvalue weighted by Crippen LogP contribution is 2.48. The molecule has 0 amide bonds. The SMILES string of the molecule is C=CCC1(CC=C)C(=O)C[C@H](C)CC1O.C=CCC1(CC=C)C(=O)C[C@H](C)CC1O[Si](C)(C)C(C)(C)C. The lowest BCUT2D eigenvalue weighted by Gasteiger charge is -2.49. The molecule has 2 fully saturated rings. The van der Waals surface area contributed by atoms with Gasteiger partial charge in [-0.25, -0.2) is 0 Å². The molecule has 210 valence electrons. The molecule has 0 aromatic rings. The summed E-state index contributed by atoms with van der Waals surface area (Å²) in [5.41, 5.74) is -1.10. The van der Waals surface area contributed by atoms with Crippen LogP contribution in [0.4, 0.5) is 0 Å². The molecule has 2 aliphatic rings. The van der Waals surface area contributed by atoms with E-state index in [0.29, 0.717) is 56.6 Å². The van der Waals surface area contributed by atoms with Gasteiger partial charge in [0, 0.05) is 12.8 Å². The zero-order valence-corrected chi connectivity index (χ0v) is 25.8. The first-order valence-corrected chi connectivity index (χ1v) is 16.8. The number of hydrogen-bond acceptors (Lipinski definition) is 4. The third kappa shape index (κ3) is 7.74. The van der Waals surface area contributed by atoms with E-state index < -0.39 is 25.3 Å². The Hall–Kier alpha value is -1.56. The van der Waals surface area contributed by atoms with E-state index in [4.69, 9.17) is 4.43 Å². The molecule has 0 aromatic heterocycles. The lowest BCUT2D eigenvalue weighted by molar-refractivity contribution is -0.142. The van der Waals surface area contributed by atoms with Gasteiger partial charge in [-0.1, -0.05) is 58.9 Å². The Labute approximate surface area is 228 Å². The normalized spacial score (nSPS) is 27.5. The van der Waals surface area contributed by atoms with Crippen molar-refractivity contribution in [3.8, 4) is 0 Å². The van der Waals surface area contributed by atoms with Crippen LogP contribution in [0.15, 0.2) is 50.6 Å². The Bertz CT molecular complexity index is 814. The second-order valence-corrected chi connectivity index (χ2v) is 17.9. The predicted molar refractivity (Wildman–Crippen MR) is 159 cm³/mol. The monoisotopic (exact) mass is 530 g/mol. The van der Waals surface area contributed by atoms with Crippen LogP contribution in [0.2, 0.25) is 18.1 Å². The van der Waals surface area contributed by atoms with Crippen molar-refractivity contribution >= 4 is 19.9 Å². The fraction of sp³-hybridized carbons (Fsp3) is 0.688. The minimum absolute atomic E-state index is 0.0133. The fourth-order valence-electron chi connectivity index (χ4n) is 5.65. The largest absolute Gasteiger partial charge is 0.413 e. The van der Waals surface area contributed by atoms with Crippen molar-refractivity contribution in [1.82, 2.24) is 0 Å². The Morgan fingerprint density at radius 1 is 0.838 bits per heavy atom. The van der Waals surface area contributed by atoms with Gasteiger partial charge < -0.3 is 9.53 Å². The van der Waals surface area contributed by atoms with Gasteiger partial charge in [-0.15, -0.1) is 26.3 Å². The third-order valence-corrected chi connectivity index (χ3v) is 13.4. The maximum Gasteiger partial charge on any atom is 0.192 e. The number of rotatable bonds is 10. The van der Waals surface area contributed by atoms with Crippen molar-refractivity contribution in [2.24, 2.45) is 22.7 Å². The summed E-state index contributed by atoms with van der Waals surface area (Å²) in [5, 5.41) is 10.2. The van der Waals surface area contributed by atoms with Crippen LogP contribution in [0, 0.1) is 22.7 Å². The first-order valence-electron chi connectivity index (χ1n) is 13.9. The number of carbonyl (C=O) groups is 2. The van der Waals surface area contributed by atoms with E-state index >= 15 is 0 Å². The molecule has 4 nitrogen and oxygen atoms in total. The highest BCUT2D eigenvalue weighted by Gasteiger charge is 2.51. The van der Waals surface area contributed by atoms with Crippen molar-refractivity contribution in [2.75, 3.05) is 0 Å². The molecule has 4 atom stereocenters. The van der Waals surface area contributed by atoms with Crippen LogP contribution in [-0.2, 0) is 14.0 Å². The van der Waals surface area contributed by atoms with Crippen LogP contribution >= 0.6 is 0 Å². The Balaban J connectivity index is 0.000000397. The maximum atomic E-state index is 12.9. The molecule has 0 bridgehead atoms. The minimum atomic E-state index is -1.92. The topological polar surface area (TPSA) is 63.6 Å². The molecule has 0 heterocycles. The third-order valence-electron chi connectivity index (χ3n) is 8.95.